The molecule has 3 amide bonds. The number of carboxylic acid groups (broad SMARTS) is 1. The number of aromatic carboxylic acids is 1. The van der Waals surface area contributed by atoms with Crippen LogP contribution in [0.2, 0.25) is 5.02 Å². The number of urea groups is 1. The lowest BCUT2D eigenvalue weighted by atomic mass is 10.2. The van der Waals surface area contributed by atoms with E-state index in [4.69, 9.17) is 21.4 Å². The van der Waals surface area contributed by atoms with Crippen LogP contribution in [0.5, 0.6) is 5.75 Å². The molecule has 0 aromatic heterocycles. The van der Waals surface area contributed by atoms with Crippen molar-refractivity contribution in [3.05, 3.63) is 28.8 Å². The summed E-state index contributed by atoms with van der Waals surface area (Å²) in [5, 5.41) is 13.6. The molecular weight excluding hydrogens is 300 g/mol. The van der Waals surface area contributed by atoms with E-state index >= 15 is 0 Å². The quantitative estimate of drug-likeness (QED) is 0.762. The molecule has 3 N–H and O–H groups in total. The van der Waals surface area contributed by atoms with Gasteiger partial charge in [-0.1, -0.05) is 11.6 Å². The van der Waals surface area contributed by atoms with Crippen LogP contribution in [-0.4, -0.2) is 35.7 Å². The number of hydrogen-bond donors (Lipinski definition) is 3. The minimum absolute atomic E-state index is 0.0145. The molecule has 1 aliphatic carbocycles. The number of carbonyl (C=O) groups excluding carboxylic acids is 2. The summed E-state index contributed by atoms with van der Waals surface area (Å²) in [6.45, 7) is -0.399. The predicted molar refractivity (Wildman–Crippen MR) is 73.6 cm³/mol. The molecule has 0 heterocycles. The number of rotatable bonds is 5. The summed E-state index contributed by atoms with van der Waals surface area (Å²) in [5.74, 6) is -1.57. The van der Waals surface area contributed by atoms with Gasteiger partial charge >= 0.3 is 12.0 Å². The molecule has 0 saturated heterocycles. The summed E-state index contributed by atoms with van der Waals surface area (Å²) in [6.07, 6.45) is 1.84. The molecule has 2 rings (SSSR count). The molecule has 7 nitrogen and oxygen atoms in total. The number of ether oxygens (including phenoxy) is 1. The Hall–Kier alpha value is -2.28. The zero-order chi connectivity index (χ0) is 15.4. The lowest BCUT2D eigenvalue weighted by Gasteiger charge is -2.09. The van der Waals surface area contributed by atoms with Gasteiger partial charge in [-0.25, -0.2) is 9.59 Å². The van der Waals surface area contributed by atoms with Crippen LogP contribution < -0.4 is 15.4 Å². The van der Waals surface area contributed by atoms with Crippen molar-refractivity contribution < 1.29 is 24.2 Å². The Labute approximate surface area is 125 Å². The second-order valence-corrected chi connectivity index (χ2v) is 4.94. The number of nitrogens with one attached hydrogen (secondary N) is 2. The number of amides is 3. The van der Waals surface area contributed by atoms with E-state index in [0.717, 1.165) is 12.8 Å². The van der Waals surface area contributed by atoms with Crippen molar-refractivity contribution in [1.29, 1.82) is 0 Å². The average Bonchev–Trinajstić information content (AvgIpc) is 3.20. The smallest absolute Gasteiger partial charge is 0.335 e. The van der Waals surface area contributed by atoms with Crippen LogP contribution >= 0.6 is 11.6 Å². The van der Waals surface area contributed by atoms with E-state index in [2.05, 4.69) is 10.6 Å². The fraction of sp³-hybridized carbons (Fsp3) is 0.308. The minimum atomic E-state index is -1.11. The molecule has 0 atom stereocenters. The van der Waals surface area contributed by atoms with E-state index in [9.17, 15) is 14.4 Å². The van der Waals surface area contributed by atoms with Crippen molar-refractivity contribution >= 4 is 29.5 Å². The molecule has 112 valence electrons. The second-order valence-electron chi connectivity index (χ2n) is 4.53. The van der Waals surface area contributed by atoms with Crippen molar-refractivity contribution in [3.63, 3.8) is 0 Å². The molecule has 1 aliphatic rings. The first-order valence-electron chi connectivity index (χ1n) is 6.21. The van der Waals surface area contributed by atoms with Crippen LogP contribution in [0, 0.1) is 0 Å². The number of benzene rings is 1. The topological polar surface area (TPSA) is 105 Å². The Morgan fingerprint density at radius 2 is 2.05 bits per heavy atom. The highest BCUT2D eigenvalue weighted by Crippen LogP contribution is 2.25. The molecule has 1 saturated carbocycles. The highest BCUT2D eigenvalue weighted by molar-refractivity contribution is 6.32. The molecule has 0 unspecified atom stereocenters. The van der Waals surface area contributed by atoms with Gasteiger partial charge in [0.25, 0.3) is 5.91 Å². The SMILES string of the molecule is O=C(COc1ccc(C(=O)O)cc1Cl)NC(=O)NC1CC1. The third kappa shape index (κ3) is 4.64. The predicted octanol–water partition coefficient (Wildman–Crippen LogP) is 1.41. The Morgan fingerprint density at radius 3 is 2.62 bits per heavy atom. The molecule has 0 aliphatic heterocycles. The normalized spacial score (nSPS) is 13.4. The van der Waals surface area contributed by atoms with Crippen LogP contribution in [0.3, 0.4) is 0 Å². The average molecular weight is 313 g/mol. The van der Waals surface area contributed by atoms with Crippen LogP contribution in [0.25, 0.3) is 0 Å². The summed E-state index contributed by atoms with van der Waals surface area (Å²) < 4.78 is 5.14. The standard InChI is InChI=1S/C13H13ClN2O5/c14-9-5-7(12(18)19)1-4-10(9)21-6-11(17)16-13(20)15-8-2-3-8/h1,4-5,8H,2-3,6H2,(H,18,19)(H2,15,16,17,20). The second kappa shape index (κ2) is 6.45. The molecule has 8 heteroatoms. The Kier molecular flexibility index (Phi) is 4.64. The molecular formula is C13H13ClN2O5. The molecule has 1 fully saturated rings. The lowest BCUT2D eigenvalue weighted by molar-refractivity contribution is -0.122. The Balaban J connectivity index is 1.82. The number of halogens is 1. The number of carboxylic acids is 1. The van der Waals surface area contributed by atoms with Gasteiger partial charge in [-0.05, 0) is 31.0 Å². The van der Waals surface area contributed by atoms with Crippen molar-refractivity contribution in [1.82, 2.24) is 10.6 Å². The summed E-state index contributed by atoms with van der Waals surface area (Å²) >= 11 is 5.84. The summed E-state index contributed by atoms with van der Waals surface area (Å²) in [7, 11) is 0. The monoisotopic (exact) mass is 312 g/mol. The van der Waals surface area contributed by atoms with Crippen LogP contribution in [0.4, 0.5) is 4.79 Å². The van der Waals surface area contributed by atoms with Gasteiger partial charge < -0.3 is 15.2 Å². The highest BCUT2D eigenvalue weighted by Gasteiger charge is 2.24. The van der Waals surface area contributed by atoms with Crippen LogP contribution in [0.15, 0.2) is 18.2 Å². The van der Waals surface area contributed by atoms with Gasteiger partial charge in [0.2, 0.25) is 0 Å². The van der Waals surface area contributed by atoms with E-state index in [1.807, 2.05) is 0 Å². The minimum Gasteiger partial charge on any atom is -0.482 e. The summed E-state index contributed by atoms with van der Waals surface area (Å²) in [4.78, 5) is 33.5. The molecule has 21 heavy (non-hydrogen) atoms. The molecule has 1 aromatic rings. The van der Waals surface area contributed by atoms with Crippen molar-refractivity contribution in [2.45, 2.75) is 18.9 Å². The maximum atomic E-state index is 11.5. The Morgan fingerprint density at radius 1 is 1.33 bits per heavy atom. The zero-order valence-corrected chi connectivity index (χ0v) is 11.6. The first-order valence-corrected chi connectivity index (χ1v) is 6.59. The number of carbonyl (C=O) groups is 3. The Bertz CT molecular complexity index is 586. The van der Waals surface area contributed by atoms with Gasteiger partial charge in [-0.3, -0.25) is 10.1 Å². The number of hydrogen-bond acceptors (Lipinski definition) is 4. The third-order valence-corrected chi connectivity index (χ3v) is 3.00. The van der Waals surface area contributed by atoms with E-state index in [-0.39, 0.29) is 22.4 Å². The van der Waals surface area contributed by atoms with Gasteiger partial charge in [0.1, 0.15) is 5.75 Å². The van der Waals surface area contributed by atoms with E-state index in [0.29, 0.717) is 0 Å². The van der Waals surface area contributed by atoms with Crippen molar-refractivity contribution in [3.8, 4) is 5.75 Å². The summed E-state index contributed by atoms with van der Waals surface area (Å²) in [5.41, 5.74) is 0.0145. The fourth-order valence-electron chi connectivity index (χ4n) is 1.51. The molecule has 1 aromatic carbocycles. The lowest BCUT2D eigenvalue weighted by Crippen LogP contribution is -2.42. The first-order chi connectivity index (χ1) is 9.95. The maximum Gasteiger partial charge on any atom is 0.335 e. The molecule has 0 spiro atoms. The van der Waals surface area contributed by atoms with Crippen LogP contribution in [-0.2, 0) is 4.79 Å². The van der Waals surface area contributed by atoms with Gasteiger partial charge in [0.05, 0.1) is 10.6 Å². The van der Waals surface area contributed by atoms with Gasteiger partial charge in [0, 0.05) is 6.04 Å². The van der Waals surface area contributed by atoms with E-state index < -0.39 is 24.5 Å². The summed E-state index contributed by atoms with van der Waals surface area (Å²) in [6, 6.07) is 3.47. The molecule has 0 radical (unpaired) electrons. The van der Waals surface area contributed by atoms with E-state index in [1.54, 1.807) is 0 Å². The van der Waals surface area contributed by atoms with Crippen molar-refractivity contribution in [2.24, 2.45) is 0 Å². The fourth-order valence-corrected chi connectivity index (χ4v) is 1.74. The van der Waals surface area contributed by atoms with Gasteiger partial charge in [0.15, 0.2) is 6.61 Å². The number of imide groups is 1. The maximum absolute atomic E-state index is 11.5. The van der Waals surface area contributed by atoms with Crippen LogP contribution in [0.1, 0.15) is 23.2 Å². The first kappa shape index (κ1) is 15.1. The van der Waals surface area contributed by atoms with Gasteiger partial charge in [-0.2, -0.15) is 0 Å². The van der Waals surface area contributed by atoms with E-state index in [1.165, 1.54) is 18.2 Å². The zero-order valence-electron chi connectivity index (χ0n) is 10.9. The highest BCUT2D eigenvalue weighted by atomic mass is 35.5. The van der Waals surface area contributed by atoms with Gasteiger partial charge in [-0.15, -0.1) is 0 Å². The van der Waals surface area contributed by atoms with Crippen molar-refractivity contribution in [2.75, 3.05) is 6.61 Å². The molecule has 0 bridgehead atoms. The third-order valence-electron chi connectivity index (χ3n) is 2.70. The largest absolute Gasteiger partial charge is 0.482 e.